The van der Waals surface area contributed by atoms with E-state index in [1.165, 1.54) is 0 Å². The quantitative estimate of drug-likeness (QED) is 0.796. The monoisotopic (exact) mass is 246 g/mol. The van der Waals surface area contributed by atoms with Crippen LogP contribution in [0.5, 0.6) is 0 Å². The highest BCUT2D eigenvalue weighted by atomic mass is 16.2. The van der Waals surface area contributed by atoms with Crippen molar-refractivity contribution in [3.05, 3.63) is 30.3 Å². The summed E-state index contributed by atoms with van der Waals surface area (Å²) >= 11 is 0. The molecule has 0 N–H and O–H groups in total. The van der Waals surface area contributed by atoms with E-state index in [4.69, 9.17) is 0 Å². The number of benzene rings is 1. The van der Waals surface area contributed by atoms with Crippen LogP contribution in [0.15, 0.2) is 30.3 Å². The van der Waals surface area contributed by atoms with Crippen LogP contribution in [0, 0.1) is 0 Å². The van der Waals surface area contributed by atoms with E-state index in [0.717, 1.165) is 5.69 Å². The molecular weight excluding hydrogens is 228 g/mol. The molecule has 1 aliphatic rings. The molecule has 2 rings (SSSR count). The molecule has 1 aromatic rings. The summed E-state index contributed by atoms with van der Waals surface area (Å²) in [5.74, 6) is 0.0396. The van der Waals surface area contributed by atoms with Crippen molar-refractivity contribution < 1.29 is 9.59 Å². The highest BCUT2D eigenvalue weighted by Gasteiger charge is 2.33. The minimum absolute atomic E-state index is 0.00532. The largest absolute Gasteiger partial charge is 0.329 e. The Morgan fingerprint density at radius 1 is 1.28 bits per heavy atom. The fourth-order valence-electron chi connectivity index (χ4n) is 2.28. The molecule has 4 heteroatoms. The van der Waals surface area contributed by atoms with Crippen molar-refractivity contribution in [3.63, 3.8) is 0 Å². The summed E-state index contributed by atoms with van der Waals surface area (Å²) < 4.78 is 0. The maximum atomic E-state index is 12.3. The summed E-state index contributed by atoms with van der Waals surface area (Å²) in [6, 6.07) is 9.22. The molecule has 18 heavy (non-hydrogen) atoms. The maximum Gasteiger partial charge on any atom is 0.249 e. The van der Waals surface area contributed by atoms with Gasteiger partial charge >= 0.3 is 0 Å². The second kappa shape index (κ2) is 5.21. The zero-order valence-corrected chi connectivity index (χ0v) is 10.8. The van der Waals surface area contributed by atoms with Crippen molar-refractivity contribution in [3.8, 4) is 0 Å². The molecule has 1 heterocycles. The molecule has 0 aliphatic carbocycles. The van der Waals surface area contributed by atoms with Gasteiger partial charge in [-0.2, -0.15) is 0 Å². The van der Waals surface area contributed by atoms with E-state index in [-0.39, 0.29) is 17.9 Å². The third-order valence-corrected chi connectivity index (χ3v) is 3.35. The molecule has 1 unspecified atom stereocenters. The lowest BCUT2D eigenvalue weighted by Gasteiger charge is -2.39. The van der Waals surface area contributed by atoms with Crippen molar-refractivity contribution in [2.24, 2.45) is 0 Å². The Morgan fingerprint density at radius 2 is 1.94 bits per heavy atom. The van der Waals surface area contributed by atoms with Crippen LogP contribution < -0.4 is 4.90 Å². The van der Waals surface area contributed by atoms with Gasteiger partial charge in [-0.05, 0) is 19.1 Å². The van der Waals surface area contributed by atoms with E-state index < -0.39 is 0 Å². The van der Waals surface area contributed by atoms with Gasteiger partial charge in [-0.3, -0.25) is 9.59 Å². The summed E-state index contributed by atoms with van der Waals surface area (Å²) in [6.07, 6.45) is 0.447. The zero-order chi connectivity index (χ0) is 13.1. The molecule has 1 aromatic carbocycles. The summed E-state index contributed by atoms with van der Waals surface area (Å²) in [7, 11) is 0. The number of carbonyl (C=O) groups is 2. The fraction of sp³-hybridized carbons (Fsp3) is 0.429. The molecule has 96 valence electrons. The molecule has 1 aliphatic heterocycles. The van der Waals surface area contributed by atoms with Gasteiger partial charge < -0.3 is 9.80 Å². The van der Waals surface area contributed by atoms with Crippen molar-refractivity contribution in [2.45, 2.75) is 26.3 Å². The van der Waals surface area contributed by atoms with Gasteiger partial charge in [-0.15, -0.1) is 0 Å². The summed E-state index contributed by atoms with van der Waals surface area (Å²) in [4.78, 5) is 27.4. The molecule has 1 saturated heterocycles. The van der Waals surface area contributed by atoms with Gasteiger partial charge in [-0.1, -0.05) is 25.1 Å². The fourth-order valence-corrected chi connectivity index (χ4v) is 2.28. The average Bonchev–Trinajstić information content (AvgIpc) is 2.42. The van der Waals surface area contributed by atoms with E-state index in [9.17, 15) is 9.59 Å². The van der Waals surface area contributed by atoms with Crippen LogP contribution >= 0.6 is 0 Å². The molecule has 1 atom stereocenters. The van der Waals surface area contributed by atoms with Gasteiger partial charge in [0.15, 0.2) is 0 Å². The lowest BCUT2D eigenvalue weighted by molar-refractivity contribution is -0.140. The topological polar surface area (TPSA) is 40.6 Å². The number of hydrogen-bond donors (Lipinski definition) is 0. The Morgan fingerprint density at radius 3 is 2.56 bits per heavy atom. The third kappa shape index (κ3) is 2.23. The molecule has 0 bridgehead atoms. The van der Waals surface area contributed by atoms with Crippen LogP contribution in [-0.4, -0.2) is 35.8 Å². The lowest BCUT2D eigenvalue weighted by atomic mass is 10.1. The third-order valence-electron chi connectivity index (χ3n) is 3.35. The van der Waals surface area contributed by atoms with Crippen LogP contribution in [0.2, 0.25) is 0 Å². The van der Waals surface area contributed by atoms with Crippen molar-refractivity contribution in [2.75, 3.05) is 18.0 Å². The maximum absolute atomic E-state index is 12.3. The van der Waals surface area contributed by atoms with Gasteiger partial charge in [0.2, 0.25) is 11.8 Å². The van der Waals surface area contributed by atoms with E-state index in [1.807, 2.05) is 37.3 Å². The molecule has 0 spiro atoms. The predicted molar refractivity (Wildman–Crippen MR) is 70.3 cm³/mol. The standard InChI is InChI=1S/C14H18N2O2/c1-3-13(17)15-9-10-16(14(18)11(15)2)12-7-5-4-6-8-12/h4-8,11H,3,9-10H2,1-2H3. The molecule has 4 nitrogen and oxygen atoms in total. The minimum atomic E-state index is -0.369. The van der Waals surface area contributed by atoms with Crippen LogP contribution in [0.4, 0.5) is 5.69 Å². The molecule has 2 amide bonds. The average molecular weight is 246 g/mol. The van der Waals surface area contributed by atoms with Gasteiger partial charge in [0.05, 0.1) is 0 Å². The van der Waals surface area contributed by atoms with E-state index >= 15 is 0 Å². The summed E-state index contributed by atoms with van der Waals surface area (Å²) in [5, 5.41) is 0. The first-order valence-corrected chi connectivity index (χ1v) is 6.31. The zero-order valence-electron chi connectivity index (χ0n) is 10.8. The Balaban J connectivity index is 2.16. The van der Waals surface area contributed by atoms with Gasteiger partial charge in [0, 0.05) is 25.2 Å². The Hall–Kier alpha value is -1.84. The first-order valence-electron chi connectivity index (χ1n) is 6.31. The van der Waals surface area contributed by atoms with Crippen LogP contribution in [0.1, 0.15) is 20.3 Å². The molecule has 0 aromatic heterocycles. The van der Waals surface area contributed by atoms with E-state index in [0.29, 0.717) is 19.5 Å². The molecular formula is C14H18N2O2. The first kappa shape index (κ1) is 12.6. The van der Waals surface area contributed by atoms with Crippen molar-refractivity contribution in [1.82, 2.24) is 4.90 Å². The number of nitrogens with zero attached hydrogens (tertiary/aromatic N) is 2. The van der Waals surface area contributed by atoms with Gasteiger partial charge in [-0.25, -0.2) is 0 Å². The highest BCUT2D eigenvalue weighted by Crippen LogP contribution is 2.20. The van der Waals surface area contributed by atoms with Gasteiger partial charge in [0.1, 0.15) is 6.04 Å². The Bertz CT molecular complexity index is 444. The highest BCUT2D eigenvalue weighted by molar-refractivity contribution is 6.00. The smallest absolute Gasteiger partial charge is 0.249 e. The van der Waals surface area contributed by atoms with Gasteiger partial charge in [0.25, 0.3) is 0 Å². The lowest BCUT2D eigenvalue weighted by Crippen LogP contribution is -2.57. The second-order valence-electron chi connectivity index (χ2n) is 4.44. The Kier molecular flexibility index (Phi) is 3.65. The van der Waals surface area contributed by atoms with Crippen LogP contribution in [0.25, 0.3) is 0 Å². The van der Waals surface area contributed by atoms with Crippen molar-refractivity contribution >= 4 is 17.5 Å². The number of piperazine rings is 1. The summed E-state index contributed by atoms with van der Waals surface area (Å²) in [5.41, 5.74) is 0.901. The molecule has 0 radical (unpaired) electrons. The number of hydrogen-bond acceptors (Lipinski definition) is 2. The van der Waals surface area contributed by atoms with Crippen molar-refractivity contribution in [1.29, 1.82) is 0 Å². The number of amides is 2. The molecule has 0 saturated carbocycles. The number of anilines is 1. The number of para-hydroxylation sites is 1. The SMILES string of the molecule is CCC(=O)N1CCN(c2ccccc2)C(=O)C1C. The van der Waals surface area contributed by atoms with Crippen LogP contribution in [-0.2, 0) is 9.59 Å². The summed E-state index contributed by atoms with van der Waals surface area (Å²) in [6.45, 7) is 4.79. The number of carbonyl (C=O) groups excluding carboxylic acids is 2. The van der Waals surface area contributed by atoms with E-state index in [2.05, 4.69) is 0 Å². The first-order chi connectivity index (χ1) is 8.65. The van der Waals surface area contributed by atoms with Crippen LogP contribution in [0.3, 0.4) is 0 Å². The number of rotatable bonds is 2. The predicted octanol–water partition coefficient (Wildman–Crippen LogP) is 1.66. The second-order valence-corrected chi connectivity index (χ2v) is 4.44. The molecule has 1 fully saturated rings. The normalized spacial score (nSPS) is 20.1. The minimum Gasteiger partial charge on any atom is -0.329 e. The van der Waals surface area contributed by atoms with E-state index in [1.54, 1.807) is 16.7 Å². The Labute approximate surface area is 107 Å².